The minimum absolute atomic E-state index is 0.100. The number of nitrogens with zero attached hydrogens (tertiary/aromatic N) is 2. The molecule has 396 valence electrons. The van der Waals surface area contributed by atoms with Crippen LogP contribution in [0.2, 0.25) is 19.6 Å². The summed E-state index contributed by atoms with van der Waals surface area (Å²) < 4.78 is 102. The zero-order valence-electron chi connectivity index (χ0n) is 46.4. The van der Waals surface area contributed by atoms with E-state index >= 15 is 9.13 Å². The van der Waals surface area contributed by atoms with Crippen LogP contribution in [0.15, 0.2) is 24.3 Å². The summed E-state index contributed by atoms with van der Waals surface area (Å²) >= 11 is 0. The van der Waals surface area contributed by atoms with Gasteiger partial charge in [-0.3, -0.25) is 18.9 Å². The molecule has 15 nitrogen and oxygen atoms in total. The quantitative estimate of drug-likeness (QED) is 0.0815. The van der Waals surface area contributed by atoms with Gasteiger partial charge in [-0.15, -0.1) is 0 Å². The fourth-order valence-electron chi connectivity index (χ4n) is 8.19. The molecule has 4 rings (SSSR count). The van der Waals surface area contributed by atoms with Gasteiger partial charge in [0.25, 0.3) is 0 Å². The maximum absolute atomic E-state index is 15.7. The maximum atomic E-state index is 15.7. The van der Waals surface area contributed by atoms with Crippen molar-refractivity contribution in [1.82, 2.24) is 9.80 Å². The highest BCUT2D eigenvalue weighted by molar-refractivity contribution is 7.54. The summed E-state index contributed by atoms with van der Waals surface area (Å²) in [6, 6.07) is 6.81. The molecule has 2 aromatic carbocycles. The standard InChI is InChI=1S/C51H90N2O13P2Si/c1-23-50(16)58-31-39-42(56-18)27-25-37(44(39)61-50)36(3)52(34-67(54,63-46(4,5)6)64-47(7,8)9)29-30-53(35-68(55,65-48(10,11)12)66-49(13,14)15)41(33-60-69(20,21)22)38-26-28-43(57-19)40-32-59-51(17,24-2)62-45(38)40/h25-28,36,41H,23-24,29-35H2,1-22H3. The number of rotatable bonds is 22. The molecule has 18 heteroatoms. The second kappa shape index (κ2) is 22.2. The minimum atomic E-state index is -3.99. The van der Waals surface area contributed by atoms with Crippen LogP contribution < -0.4 is 18.9 Å². The number of hydrogen-bond donors (Lipinski definition) is 0. The van der Waals surface area contributed by atoms with E-state index in [-0.39, 0.29) is 45.5 Å². The number of hydrogen-bond acceptors (Lipinski definition) is 15. The Balaban J connectivity index is 2.05. The van der Waals surface area contributed by atoms with Gasteiger partial charge in [0.1, 0.15) is 35.6 Å². The predicted molar refractivity (Wildman–Crippen MR) is 276 cm³/mol. The van der Waals surface area contributed by atoms with E-state index in [0.717, 1.165) is 22.3 Å². The Kier molecular flexibility index (Phi) is 19.2. The van der Waals surface area contributed by atoms with Gasteiger partial charge in [0, 0.05) is 56.9 Å². The third kappa shape index (κ3) is 17.3. The van der Waals surface area contributed by atoms with E-state index in [1.54, 1.807) is 14.2 Å². The predicted octanol–water partition coefficient (Wildman–Crippen LogP) is 13.6. The Morgan fingerprint density at radius 3 is 1.35 bits per heavy atom. The Hall–Kier alpha value is -2.04. The van der Waals surface area contributed by atoms with E-state index in [1.165, 1.54) is 0 Å². The van der Waals surface area contributed by atoms with Gasteiger partial charge in [0.15, 0.2) is 8.32 Å². The van der Waals surface area contributed by atoms with Crippen molar-refractivity contribution in [2.75, 3.05) is 46.5 Å². The third-order valence-electron chi connectivity index (χ3n) is 11.4. The van der Waals surface area contributed by atoms with Crippen molar-refractivity contribution in [2.24, 2.45) is 0 Å². The van der Waals surface area contributed by atoms with E-state index in [2.05, 4.69) is 36.4 Å². The van der Waals surface area contributed by atoms with Crippen LogP contribution >= 0.6 is 15.2 Å². The lowest BCUT2D eigenvalue weighted by molar-refractivity contribution is -0.196. The lowest BCUT2D eigenvalue weighted by Crippen LogP contribution is -2.44. The number of benzene rings is 2. The fourth-order valence-corrected chi connectivity index (χ4v) is 14.1. The molecule has 2 aromatic rings. The SMILES string of the molecule is CCC1(C)OCc2c(OC)ccc(C(C)N(CCN(CP(=O)(OC(C)(C)C)OC(C)(C)C)C(CO[Si](C)(C)C)c3ccc(OC)c4c3OC(C)(CC)OC4)CP(=O)(OC(C)(C)C)OC(C)(C)C)c2O1. The van der Waals surface area contributed by atoms with Crippen LogP contribution in [-0.4, -0.2) is 98.6 Å². The van der Waals surface area contributed by atoms with E-state index in [1.807, 2.05) is 135 Å². The third-order valence-corrected chi connectivity index (χ3v) is 17.2. The van der Waals surface area contributed by atoms with Crippen molar-refractivity contribution in [3.63, 3.8) is 0 Å². The Morgan fingerprint density at radius 1 is 0.623 bits per heavy atom. The van der Waals surface area contributed by atoms with Gasteiger partial charge in [0.05, 0.1) is 73.6 Å². The second-order valence-corrected chi connectivity index (χ2v) is 31.9. The molecule has 69 heavy (non-hydrogen) atoms. The number of fused-ring (bicyclic) bond motifs is 2. The summed E-state index contributed by atoms with van der Waals surface area (Å²) in [6.45, 7) is 40.1. The molecule has 0 amide bonds. The molecule has 0 bridgehead atoms. The van der Waals surface area contributed by atoms with Crippen LogP contribution in [0.5, 0.6) is 23.0 Å². The van der Waals surface area contributed by atoms with Crippen molar-refractivity contribution in [3.8, 4) is 23.0 Å². The first kappa shape index (κ1) is 59.5. The fraction of sp³-hybridized carbons (Fsp3) is 0.765. The van der Waals surface area contributed by atoms with E-state index in [9.17, 15) is 0 Å². The average molecular weight is 1030 g/mol. The molecule has 2 heterocycles. The Bertz CT molecular complexity index is 2100. The van der Waals surface area contributed by atoms with Gasteiger partial charge in [-0.1, -0.05) is 19.9 Å². The molecule has 2 aliphatic heterocycles. The molecule has 0 radical (unpaired) electrons. The monoisotopic (exact) mass is 1030 g/mol. The topological polar surface area (TPSA) is 142 Å². The van der Waals surface area contributed by atoms with Crippen LogP contribution in [0.4, 0.5) is 0 Å². The van der Waals surface area contributed by atoms with Gasteiger partial charge in [-0.2, -0.15) is 0 Å². The van der Waals surface area contributed by atoms with Crippen molar-refractivity contribution in [2.45, 2.75) is 209 Å². The molecule has 2 aliphatic rings. The van der Waals surface area contributed by atoms with E-state index < -0.39 is 69.6 Å². The highest BCUT2D eigenvalue weighted by Gasteiger charge is 2.45. The highest BCUT2D eigenvalue weighted by atomic mass is 31.2. The molecule has 0 saturated carbocycles. The summed E-state index contributed by atoms with van der Waals surface area (Å²) in [5.41, 5.74) is -0.141. The molecule has 0 spiro atoms. The summed E-state index contributed by atoms with van der Waals surface area (Å²) in [5.74, 6) is 0.729. The molecular formula is C51H90N2O13P2Si. The first-order valence-electron chi connectivity index (χ1n) is 24.6. The largest absolute Gasteiger partial charge is 0.496 e. The number of ether oxygens (including phenoxy) is 6. The first-order chi connectivity index (χ1) is 31.4. The summed E-state index contributed by atoms with van der Waals surface area (Å²) in [6.07, 6.45) is 0.949. The zero-order chi connectivity index (χ0) is 52.4. The Morgan fingerprint density at radius 2 is 0.986 bits per heavy atom. The van der Waals surface area contributed by atoms with E-state index in [4.69, 9.17) is 50.9 Å². The molecule has 0 saturated heterocycles. The van der Waals surface area contributed by atoms with Crippen LogP contribution in [0.1, 0.15) is 165 Å². The molecule has 4 atom stereocenters. The lowest BCUT2D eigenvalue weighted by Gasteiger charge is -2.43. The molecule has 4 unspecified atom stereocenters. The van der Waals surface area contributed by atoms with Crippen LogP contribution in [-0.2, 0) is 54.3 Å². The van der Waals surface area contributed by atoms with Crippen LogP contribution in [0.25, 0.3) is 0 Å². The van der Waals surface area contributed by atoms with Crippen molar-refractivity contribution < 1.29 is 60.1 Å². The van der Waals surface area contributed by atoms with Gasteiger partial charge < -0.3 is 50.9 Å². The molecular weight excluding hydrogens is 939 g/mol. The lowest BCUT2D eigenvalue weighted by atomic mass is 9.98. The first-order valence-corrected chi connectivity index (χ1v) is 31.4. The van der Waals surface area contributed by atoms with Gasteiger partial charge in [-0.25, -0.2) is 0 Å². The Labute approximate surface area is 417 Å². The van der Waals surface area contributed by atoms with Crippen LogP contribution in [0, 0.1) is 0 Å². The smallest absolute Gasteiger partial charge is 0.345 e. The van der Waals surface area contributed by atoms with E-state index in [0.29, 0.717) is 35.8 Å². The second-order valence-electron chi connectivity index (χ2n) is 23.6. The normalized spacial score (nSPS) is 20.5. The molecule has 0 aromatic heterocycles. The summed E-state index contributed by atoms with van der Waals surface area (Å²) in [4.78, 5) is 4.22. The van der Waals surface area contributed by atoms with Crippen LogP contribution in [0.3, 0.4) is 0 Å². The van der Waals surface area contributed by atoms with Crippen molar-refractivity contribution >= 4 is 23.5 Å². The average Bonchev–Trinajstić information content (AvgIpc) is 3.18. The zero-order valence-corrected chi connectivity index (χ0v) is 49.2. The summed E-state index contributed by atoms with van der Waals surface area (Å²) in [5, 5.41) is 0. The molecule has 0 aliphatic carbocycles. The van der Waals surface area contributed by atoms with Gasteiger partial charge >= 0.3 is 15.2 Å². The summed E-state index contributed by atoms with van der Waals surface area (Å²) in [7, 11) is -6.88. The molecule has 0 N–H and O–H groups in total. The molecule has 0 fully saturated rings. The maximum Gasteiger partial charge on any atom is 0.345 e. The minimum Gasteiger partial charge on any atom is -0.496 e. The number of methoxy groups -OCH3 is 2. The van der Waals surface area contributed by atoms with Gasteiger partial charge in [0.2, 0.25) is 11.6 Å². The van der Waals surface area contributed by atoms with Gasteiger partial charge in [-0.05, 0) is 128 Å². The highest BCUT2D eigenvalue weighted by Crippen LogP contribution is 2.58. The van der Waals surface area contributed by atoms with Crippen molar-refractivity contribution in [3.05, 3.63) is 46.5 Å². The van der Waals surface area contributed by atoms with Crippen molar-refractivity contribution in [1.29, 1.82) is 0 Å².